The zero-order chi connectivity index (χ0) is 17.6. The van der Waals surface area contributed by atoms with Gasteiger partial charge in [-0.15, -0.1) is 0 Å². The number of carbonyl (C=O) groups excluding carboxylic acids is 1. The number of carbonyl (C=O) groups is 1. The highest BCUT2D eigenvalue weighted by Crippen LogP contribution is 2.44. The van der Waals surface area contributed by atoms with E-state index in [1.165, 1.54) is 18.4 Å². The standard InChI is InChI=1S/C21H25NO3/c1-25-18-10-8-16(9-11-18)19(15-6-7-15)14-21(24)22-13-12-17-4-2-3-5-20(17)23/h2-5,8-11,15,19,23H,6-7,12-14H2,1H3,(H,22,24). The molecule has 132 valence electrons. The summed E-state index contributed by atoms with van der Waals surface area (Å²) < 4.78 is 5.21. The fourth-order valence-corrected chi connectivity index (χ4v) is 3.24. The van der Waals surface area contributed by atoms with E-state index in [0.29, 0.717) is 25.3 Å². The molecule has 1 aliphatic rings. The van der Waals surface area contributed by atoms with Gasteiger partial charge in [0.2, 0.25) is 5.91 Å². The van der Waals surface area contributed by atoms with E-state index >= 15 is 0 Å². The Bertz CT molecular complexity index is 707. The van der Waals surface area contributed by atoms with E-state index in [2.05, 4.69) is 17.4 Å². The molecule has 2 aromatic rings. The lowest BCUT2D eigenvalue weighted by Crippen LogP contribution is -2.27. The lowest BCUT2D eigenvalue weighted by atomic mass is 9.90. The maximum absolute atomic E-state index is 12.4. The number of nitrogens with one attached hydrogen (secondary N) is 1. The Morgan fingerprint density at radius 1 is 1.20 bits per heavy atom. The molecule has 0 heterocycles. The molecule has 0 spiro atoms. The van der Waals surface area contributed by atoms with E-state index in [0.717, 1.165) is 11.3 Å². The van der Waals surface area contributed by atoms with Crippen LogP contribution >= 0.6 is 0 Å². The number of hydrogen-bond donors (Lipinski definition) is 2. The summed E-state index contributed by atoms with van der Waals surface area (Å²) in [6.07, 6.45) is 3.54. The Hall–Kier alpha value is -2.49. The van der Waals surface area contributed by atoms with Gasteiger partial charge in [0, 0.05) is 13.0 Å². The van der Waals surface area contributed by atoms with Crippen molar-refractivity contribution in [3.63, 3.8) is 0 Å². The van der Waals surface area contributed by atoms with Crippen molar-refractivity contribution in [2.24, 2.45) is 5.92 Å². The Morgan fingerprint density at radius 3 is 2.56 bits per heavy atom. The minimum Gasteiger partial charge on any atom is -0.508 e. The number of methoxy groups -OCH3 is 1. The number of ether oxygens (including phenoxy) is 1. The molecular weight excluding hydrogens is 314 g/mol. The summed E-state index contributed by atoms with van der Waals surface area (Å²) in [6.45, 7) is 0.538. The van der Waals surface area contributed by atoms with Crippen molar-refractivity contribution in [3.05, 3.63) is 59.7 Å². The van der Waals surface area contributed by atoms with Crippen molar-refractivity contribution < 1.29 is 14.6 Å². The van der Waals surface area contributed by atoms with Gasteiger partial charge in [0.05, 0.1) is 7.11 Å². The zero-order valence-electron chi connectivity index (χ0n) is 14.6. The summed E-state index contributed by atoms with van der Waals surface area (Å²) in [6, 6.07) is 15.3. The second-order valence-electron chi connectivity index (χ2n) is 6.65. The first kappa shape index (κ1) is 17.3. The number of aromatic hydroxyl groups is 1. The van der Waals surface area contributed by atoms with Gasteiger partial charge in [0.1, 0.15) is 11.5 Å². The molecule has 0 aliphatic heterocycles. The smallest absolute Gasteiger partial charge is 0.220 e. The molecule has 1 aliphatic carbocycles. The van der Waals surface area contributed by atoms with Crippen LogP contribution in [0.25, 0.3) is 0 Å². The van der Waals surface area contributed by atoms with Crippen molar-refractivity contribution >= 4 is 5.91 Å². The maximum atomic E-state index is 12.4. The average molecular weight is 339 g/mol. The Morgan fingerprint density at radius 2 is 1.92 bits per heavy atom. The van der Waals surface area contributed by atoms with Crippen molar-refractivity contribution in [2.45, 2.75) is 31.6 Å². The van der Waals surface area contributed by atoms with E-state index in [1.807, 2.05) is 24.3 Å². The van der Waals surface area contributed by atoms with Crippen LogP contribution in [-0.2, 0) is 11.2 Å². The van der Waals surface area contributed by atoms with E-state index in [4.69, 9.17) is 4.74 Å². The summed E-state index contributed by atoms with van der Waals surface area (Å²) in [5.41, 5.74) is 2.07. The third-order valence-electron chi connectivity index (χ3n) is 4.85. The average Bonchev–Trinajstić information content (AvgIpc) is 3.46. The third kappa shape index (κ3) is 4.75. The largest absolute Gasteiger partial charge is 0.508 e. The number of rotatable bonds is 8. The van der Waals surface area contributed by atoms with Crippen LogP contribution in [0, 0.1) is 5.92 Å². The summed E-state index contributed by atoms with van der Waals surface area (Å²) in [5, 5.41) is 12.8. The topological polar surface area (TPSA) is 58.6 Å². The summed E-state index contributed by atoms with van der Waals surface area (Å²) in [7, 11) is 1.66. The zero-order valence-corrected chi connectivity index (χ0v) is 14.6. The highest BCUT2D eigenvalue weighted by molar-refractivity contribution is 5.77. The van der Waals surface area contributed by atoms with E-state index in [-0.39, 0.29) is 17.6 Å². The Balaban J connectivity index is 1.53. The molecule has 25 heavy (non-hydrogen) atoms. The molecule has 4 nitrogen and oxygen atoms in total. The molecular formula is C21H25NO3. The van der Waals surface area contributed by atoms with Gasteiger partial charge in [-0.05, 0) is 60.4 Å². The normalized spacial score (nSPS) is 14.8. The lowest BCUT2D eigenvalue weighted by molar-refractivity contribution is -0.121. The van der Waals surface area contributed by atoms with Crippen molar-refractivity contribution in [3.8, 4) is 11.5 Å². The molecule has 2 N–H and O–H groups in total. The molecule has 1 atom stereocenters. The molecule has 0 aromatic heterocycles. The molecule has 1 unspecified atom stereocenters. The fraction of sp³-hybridized carbons (Fsp3) is 0.381. The van der Waals surface area contributed by atoms with Gasteiger partial charge < -0.3 is 15.2 Å². The van der Waals surface area contributed by atoms with E-state index in [9.17, 15) is 9.90 Å². The molecule has 2 aromatic carbocycles. The number of para-hydroxylation sites is 1. The summed E-state index contributed by atoms with van der Waals surface area (Å²) >= 11 is 0. The Kier molecular flexibility index (Phi) is 5.59. The monoisotopic (exact) mass is 339 g/mol. The van der Waals surface area contributed by atoms with Gasteiger partial charge in [-0.2, -0.15) is 0 Å². The van der Waals surface area contributed by atoms with Crippen LogP contribution in [0.4, 0.5) is 0 Å². The van der Waals surface area contributed by atoms with Gasteiger partial charge in [0.15, 0.2) is 0 Å². The first-order valence-electron chi connectivity index (χ1n) is 8.85. The van der Waals surface area contributed by atoms with Gasteiger partial charge in [-0.25, -0.2) is 0 Å². The first-order chi connectivity index (χ1) is 12.2. The number of phenolic OH excluding ortho intramolecular Hbond substituents is 1. The quantitative estimate of drug-likeness (QED) is 0.772. The second-order valence-corrected chi connectivity index (χ2v) is 6.65. The number of amides is 1. The van der Waals surface area contributed by atoms with Crippen LogP contribution in [0.15, 0.2) is 48.5 Å². The fourth-order valence-electron chi connectivity index (χ4n) is 3.24. The van der Waals surface area contributed by atoms with E-state index in [1.54, 1.807) is 19.2 Å². The molecule has 1 amide bonds. The highest BCUT2D eigenvalue weighted by Gasteiger charge is 2.33. The van der Waals surface area contributed by atoms with Crippen LogP contribution in [0.1, 0.15) is 36.3 Å². The van der Waals surface area contributed by atoms with E-state index < -0.39 is 0 Å². The summed E-state index contributed by atoms with van der Waals surface area (Å²) in [5.74, 6) is 2.08. The highest BCUT2D eigenvalue weighted by atomic mass is 16.5. The second kappa shape index (κ2) is 8.06. The minimum atomic E-state index is 0.0724. The number of phenols is 1. The molecule has 4 heteroatoms. The maximum Gasteiger partial charge on any atom is 0.220 e. The van der Waals surface area contributed by atoms with Gasteiger partial charge >= 0.3 is 0 Å². The van der Waals surface area contributed by atoms with Crippen LogP contribution < -0.4 is 10.1 Å². The first-order valence-corrected chi connectivity index (χ1v) is 8.85. The number of hydrogen-bond acceptors (Lipinski definition) is 3. The van der Waals surface area contributed by atoms with Crippen LogP contribution in [0.2, 0.25) is 0 Å². The number of benzene rings is 2. The summed E-state index contributed by atoms with van der Waals surface area (Å²) in [4.78, 5) is 12.4. The van der Waals surface area contributed by atoms with Crippen molar-refractivity contribution in [1.29, 1.82) is 0 Å². The van der Waals surface area contributed by atoms with Crippen LogP contribution in [0.5, 0.6) is 11.5 Å². The van der Waals surface area contributed by atoms with Crippen LogP contribution in [-0.4, -0.2) is 24.7 Å². The third-order valence-corrected chi connectivity index (χ3v) is 4.85. The SMILES string of the molecule is COc1ccc(C(CC(=O)NCCc2ccccc2O)C2CC2)cc1. The van der Waals surface area contributed by atoms with Crippen molar-refractivity contribution in [1.82, 2.24) is 5.32 Å². The van der Waals surface area contributed by atoms with Crippen LogP contribution in [0.3, 0.4) is 0 Å². The van der Waals surface area contributed by atoms with Gasteiger partial charge in [0.25, 0.3) is 0 Å². The molecule has 0 radical (unpaired) electrons. The minimum absolute atomic E-state index is 0.0724. The molecule has 1 saturated carbocycles. The predicted octanol–water partition coefficient (Wildman–Crippen LogP) is 3.64. The lowest BCUT2D eigenvalue weighted by Gasteiger charge is -2.17. The van der Waals surface area contributed by atoms with Gasteiger partial charge in [-0.3, -0.25) is 4.79 Å². The predicted molar refractivity (Wildman–Crippen MR) is 97.9 cm³/mol. The molecule has 1 fully saturated rings. The Labute approximate surface area is 148 Å². The van der Waals surface area contributed by atoms with Gasteiger partial charge in [-0.1, -0.05) is 30.3 Å². The molecule has 0 bridgehead atoms. The molecule has 3 rings (SSSR count). The van der Waals surface area contributed by atoms with Crippen molar-refractivity contribution in [2.75, 3.05) is 13.7 Å². The molecule has 0 saturated heterocycles.